The molecule has 0 bridgehead atoms. The molecule has 82 valence electrons. The summed E-state index contributed by atoms with van der Waals surface area (Å²) in [6, 6.07) is 4.50. The lowest BCUT2D eigenvalue weighted by Gasteiger charge is -2.03. The fraction of sp³-hybridized carbons (Fsp3) is 0.417. The summed E-state index contributed by atoms with van der Waals surface area (Å²) in [5, 5.41) is 2.98. The fourth-order valence-electron chi connectivity index (χ4n) is 1.39. The third-order valence-electron chi connectivity index (χ3n) is 2.31. The van der Waals surface area contributed by atoms with Gasteiger partial charge in [-0.1, -0.05) is 0 Å². The summed E-state index contributed by atoms with van der Waals surface area (Å²) < 4.78 is 12.9. The van der Waals surface area contributed by atoms with Crippen molar-refractivity contribution in [3.63, 3.8) is 0 Å². The van der Waals surface area contributed by atoms with Gasteiger partial charge in [-0.2, -0.15) is 0 Å². The Labute approximate surface area is 89.5 Å². The predicted molar refractivity (Wildman–Crippen MR) is 58.6 cm³/mol. The lowest BCUT2D eigenvalue weighted by atomic mass is 10.0. The van der Waals surface area contributed by atoms with Gasteiger partial charge in [-0.3, -0.25) is 4.79 Å². The first kappa shape index (κ1) is 11.9. The highest BCUT2D eigenvalue weighted by atomic mass is 19.1. The van der Waals surface area contributed by atoms with Crippen molar-refractivity contribution in [2.45, 2.75) is 19.8 Å². The zero-order valence-electron chi connectivity index (χ0n) is 9.14. The minimum atomic E-state index is -0.262. The molecule has 0 fully saturated rings. The van der Waals surface area contributed by atoms with Crippen LogP contribution in [-0.2, 0) is 0 Å². The molecule has 0 aliphatic heterocycles. The molecule has 0 spiro atoms. The molecule has 0 unspecified atom stereocenters. The molecule has 0 aromatic heterocycles. The van der Waals surface area contributed by atoms with Gasteiger partial charge in [0.1, 0.15) is 5.82 Å². The summed E-state index contributed by atoms with van der Waals surface area (Å²) in [6.45, 7) is 2.49. The Hall–Kier alpha value is -1.22. The first-order valence-electron chi connectivity index (χ1n) is 5.09. The van der Waals surface area contributed by atoms with Crippen LogP contribution in [0.5, 0.6) is 0 Å². The molecule has 0 amide bonds. The van der Waals surface area contributed by atoms with E-state index in [1.807, 2.05) is 7.05 Å². The molecule has 0 aliphatic carbocycles. The van der Waals surface area contributed by atoms with Crippen LogP contribution in [0.3, 0.4) is 0 Å². The van der Waals surface area contributed by atoms with Gasteiger partial charge >= 0.3 is 0 Å². The van der Waals surface area contributed by atoms with E-state index in [2.05, 4.69) is 5.32 Å². The number of hydrogen-bond acceptors (Lipinski definition) is 2. The van der Waals surface area contributed by atoms with E-state index < -0.39 is 0 Å². The number of rotatable bonds is 5. The van der Waals surface area contributed by atoms with Crippen molar-refractivity contribution in [2.75, 3.05) is 13.6 Å². The second kappa shape index (κ2) is 5.61. The van der Waals surface area contributed by atoms with Crippen molar-refractivity contribution in [3.8, 4) is 0 Å². The second-order valence-corrected chi connectivity index (χ2v) is 3.59. The number of nitrogens with one attached hydrogen (secondary N) is 1. The number of benzene rings is 1. The van der Waals surface area contributed by atoms with Crippen LogP contribution in [0, 0.1) is 12.7 Å². The van der Waals surface area contributed by atoms with Crippen molar-refractivity contribution in [1.29, 1.82) is 0 Å². The van der Waals surface area contributed by atoms with E-state index in [-0.39, 0.29) is 11.6 Å². The fourth-order valence-corrected chi connectivity index (χ4v) is 1.39. The standard InChI is InChI=1S/C12H16FNO/c1-9-8-10(5-6-11(9)13)12(15)4-3-7-14-2/h5-6,8,14H,3-4,7H2,1-2H3. The number of ketones is 1. The van der Waals surface area contributed by atoms with Crippen molar-refractivity contribution in [2.24, 2.45) is 0 Å². The zero-order valence-corrected chi connectivity index (χ0v) is 9.14. The van der Waals surface area contributed by atoms with Crippen LogP contribution in [0.25, 0.3) is 0 Å². The van der Waals surface area contributed by atoms with Gasteiger partial charge < -0.3 is 5.32 Å². The number of hydrogen-bond donors (Lipinski definition) is 1. The number of carbonyl (C=O) groups excluding carboxylic acids is 1. The Balaban J connectivity index is 2.62. The Morgan fingerprint density at radius 1 is 1.47 bits per heavy atom. The molecule has 1 rings (SSSR count). The van der Waals surface area contributed by atoms with E-state index >= 15 is 0 Å². The Kier molecular flexibility index (Phi) is 4.43. The van der Waals surface area contributed by atoms with Crippen LogP contribution in [0.15, 0.2) is 18.2 Å². The summed E-state index contributed by atoms with van der Waals surface area (Å²) in [5.74, 6) is -0.185. The Bertz CT molecular complexity index is 349. The van der Waals surface area contributed by atoms with Gasteiger partial charge in [0.05, 0.1) is 0 Å². The highest BCUT2D eigenvalue weighted by Gasteiger charge is 2.07. The van der Waals surface area contributed by atoms with Crippen LogP contribution >= 0.6 is 0 Å². The minimum absolute atomic E-state index is 0.0772. The van der Waals surface area contributed by atoms with Crippen LogP contribution in [0.1, 0.15) is 28.8 Å². The average molecular weight is 209 g/mol. The van der Waals surface area contributed by atoms with E-state index in [1.54, 1.807) is 19.1 Å². The third kappa shape index (κ3) is 3.44. The van der Waals surface area contributed by atoms with Gasteiger partial charge in [-0.15, -0.1) is 0 Å². The highest BCUT2D eigenvalue weighted by molar-refractivity contribution is 5.96. The van der Waals surface area contributed by atoms with Crippen molar-refractivity contribution >= 4 is 5.78 Å². The average Bonchev–Trinajstić information content (AvgIpc) is 2.22. The Morgan fingerprint density at radius 2 is 2.20 bits per heavy atom. The van der Waals surface area contributed by atoms with Crippen LogP contribution in [0.2, 0.25) is 0 Å². The predicted octanol–water partition coefficient (Wildman–Crippen LogP) is 2.32. The van der Waals surface area contributed by atoms with Gasteiger partial charge in [-0.05, 0) is 50.7 Å². The maximum absolute atomic E-state index is 12.9. The molecule has 0 radical (unpaired) electrons. The monoisotopic (exact) mass is 209 g/mol. The van der Waals surface area contributed by atoms with Gasteiger partial charge in [-0.25, -0.2) is 4.39 Å². The van der Waals surface area contributed by atoms with Crippen LogP contribution < -0.4 is 5.32 Å². The van der Waals surface area contributed by atoms with Gasteiger partial charge in [0.25, 0.3) is 0 Å². The van der Waals surface area contributed by atoms with E-state index in [4.69, 9.17) is 0 Å². The number of halogens is 1. The number of Topliss-reactive ketones (excluding diaryl/α,β-unsaturated/α-hetero) is 1. The second-order valence-electron chi connectivity index (χ2n) is 3.59. The molecule has 0 saturated heterocycles. The summed E-state index contributed by atoms with van der Waals surface area (Å²) in [7, 11) is 1.85. The summed E-state index contributed by atoms with van der Waals surface area (Å²) in [4.78, 5) is 11.6. The molecule has 1 N–H and O–H groups in total. The molecular weight excluding hydrogens is 193 g/mol. The molecular formula is C12H16FNO. The molecule has 0 saturated carbocycles. The van der Waals surface area contributed by atoms with Crippen molar-refractivity contribution in [1.82, 2.24) is 5.32 Å². The molecule has 15 heavy (non-hydrogen) atoms. The van der Waals surface area contributed by atoms with E-state index in [1.165, 1.54) is 6.07 Å². The lowest BCUT2D eigenvalue weighted by Crippen LogP contribution is -2.10. The van der Waals surface area contributed by atoms with Gasteiger partial charge in [0, 0.05) is 12.0 Å². The molecule has 1 aromatic rings. The molecule has 0 heterocycles. The molecule has 0 aliphatic rings. The van der Waals surface area contributed by atoms with Gasteiger partial charge in [0.2, 0.25) is 0 Å². The van der Waals surface area contributed by atoms with Crippen LogP contribution in [-0.4, -0.2) is 19.4 Å². The normalized spacial score (nSPS) is 10.3. The maximum Gasteiger partial charge on any atom is 0.162 e. The summed E-state index contributed by atoms with van der Waals surface area (Å²) >= 11 is 0. The molecule has 1 aromatic carbocycles. The van der Waals surface area contributed by atoms with E-state index in [9.17, 15) is 9.18 Å². The number of aryl methyl sites for hydroxylation is 1. The van der Waals surface area contributed by atoms with Crippen LogP contribution in [0.4, 0.5) is 4.39 Å². The largest absolute Gasteiger partial charge is 0.320 e. The highest BCUT2D eigenvalue weighted by Crippen LogP contribution is 2.11. The minimum Gasteiger partial charge on any atom is -0.320 e. The van der Waals surface area contributed by atoms with Gasteiger partial charge in [0.15, 0.2) is 5.78 Å². The summed E-state index contributed by atoms with van der Waals surface area (Å²) in [5.41, 5.74) is 1.12. The zero-order chi connectivity index (χ0) is 11.3. The van der Waals surface area contributed by atoms with Crippen molar-refractivity contribution in [3.05, 3.63) is 35.1 Å². The third-order valence-corrected chi connectivity index (χ3v) is 2.31. The quantitative estimate of drug-likeness (QED) is 0.595. The lowest BCUT2D eigenvalue weighted by molar-refractivity contribution is 0.0980. The smallest absolute Gasteiger partial charge is 0.162 e. The molecule has 0 atom stereocenters. The summed E-state index contributed by atoms with van der Waals surface area (Å²) in [6.07, 6.45) is 1.32. The van der Waals surface area contributed by atoms with Crippen molar-refractivity contribution < 1.29 is 9.18 Å². The molecule has 3 heteroatoms. The topological polar surface area (TPSA) is 29.1 Å². The van der Waals surface area contributed by atoms with E-state index in [0.29, 0.717) is 17.5 Å². The molecule has 2 nitrogen and oxygen atoms in total. The first-order valence-corrected chi connectivity index (χ1v) is 5.09. The van der Waals surface area contributed by atoms with E-state index in [0.717, 1.165) is 13.0 Å². The first-order chi connectivity index (χ1) is 7.15. The maximum atomic E-state index is 12.9. The Morgan fingerprint density at radius 3 is 2.80 bits per heavy atom. The SMILES string of the molecule is CNCCCC(=O)c1ccc(F)c(C)c1. The number of carbonyl (C=O) groups is 1.